The van der Waals surface area contributed by atoms with E-state index in [2.05, 4.69) is 15.8 Å². The van der Waals surface area contributed by atoms with Gasteiger partial charge < -0.3 is 18.9 Å². The Morgan fingerprint density at radius 3 is 2.29 bits per heavy atom. The van der Waals surface area contributed by atoms with Crippen molar-refractivity contribution in [3.05, 3.63) is 102 Å². The van der Waals surface area contributed by atoms with Gasteiger partial charge in [-0.15, -0.1) is 0 Å². The van der Waals surface area contributed by atoms with E-state index in [9.17, 15) is 4.39 Å². The van der Waals surface area contributed by atoms with E-state index in [0.29, 0.717) is 6.61 Å². The number of ether oxygens (including phenoxy) is 2. The summed E-state index contributed by atoms with van der Waals surface area (Å²) in [5, 5.41) is 4.38. The van der Waals surface area contributed by atoms with Crippen LogP contribution in [0.4, 0.5) is 4.39 Å². The van der Waals surface area contributed by atoms with Gasteiger partial charge in [-0.25, -0.2) is 4.39 Å². The zero-order chi connectivity index (χ0) is 24.1. The molecule has 0 aliphatic rings. The van der Waals surface area contributed by atoms with Crippen LogP contribution in [0.2, 0.25) is 0 Å². The minimum absolute atomic E-state index is 0.276. The van der Waals surface area contributed by atoms with Crippen LogP contribution in [-0.2, 0) is 11.4 Å². The van der Waals surface area contributed by atoms with Gasteiger partial charge in [-0.05, 0) is 80.1 Å². The molecule has 3 aromatic carbocycles. The number of rotatable bonds is 8. The molecule has 4 rings (SSSR count). The Bertz CT molecular complexity index is 1290. The molecule has 0 saturated heterocycles. The van der Waals surface area contributed by atoms with Gasteiger partial charge in [0, 0.05) is 22.5 Å². The van der Waals surface area contributed by atoms with Gasteiger partial charge in [-0.1, -0.05) is 23.4 Å². The van der Waals surface area contributed by atoms with E-state index in [1.807, 2.05) is 62.4 Å². The number of hydrogen-bond acceptors (Lipinski definition) is 4. The lowest BCUT2D eigenvalue weighted by Crippen LogP contribution is -2.03. The van der Waals surface area contributed by atoms with E-state index in [4.69, 9.17) is 14.3 Å². The molecular weight excluding hydrogens is 431 g/mol. The molecule has 0 fully saturated rings. The number of benzene rings is 3. The Labute approximate surface area is 199 Å². The molecular formula is C28H27FN2O3. The highest BCUT2D eigenvalue weighted by Gasteiger charge is 2.17. The van der Waals surface area contributed by atoms with Crippen molar-refractivity contribution in [2.24, 2.45) is 5.16 Å². The molecule has 0 amide bonds. The highest BCUT2D eigenvalue weighted by Crippen LogP contribution is 2.31. The average molecular weight is 459 g/mol. The highest BCUT2D eigenvalue weighted by atomic mass is 19.1. The lowest BCUT2D eigenvalue weighted by atomic mass is 10.1. The molecule has 0 atom stereocenters. The fourth-order valence-corrected chi connectivity index (χ4v) is 3.94. The summed E-state index contributed by atoms with van der Waals surface area (Å²) in [7, 11) is 3.28. The van der Waals surface area contributed by atoms with Crippen LogP contribution in [0, 0.1) is 12.7 Å². The third-order valence-electron chi connectivity index (χ3n) is 5.72. The predicted molar refractivity (Wildman–Crippen MR) is 132 cm³/mol. The van der Waals surface area contributed by atoms with Gasteiger partial charge in [0.25, 0.3) is 0 Å². The quantitative estimate of drug-likeness (QED) is 0.222. The number of para-hydroxylation sites is 1. The first kappa shape index (κ1) is 23.1. The topological polar surface area (TPSA) is 45.0 Å². The molecule has 4 aromatic rings. The Morgan fingerprint density at radius 2 is 1.62 bits per heavy atom. The van der Waals surface area contributed by atoms with E-state index in [1.54, 1.807) is 26.4 Å². The number of oxime groups is 1. The number of aromatic nitrogens is 1. The van der Waals surface area contributed by atoms with Gasteiger partial charge in [0.1, 0.15) is 23.9 Å². The second kappa shape index (κ2) is 10.3. The second-order valence-electron chi connectivity index (χ2n) is 7.83. The van der Waals surface area contributed by atoms with E-state index in [0.717, 1.165) is 51.0 Å². The molecule has 34 heavy (non-hydrogen) atoms. The number of methoxy groups -OCH3 is 2. The van der Waals surface area contributed by atoms with Crippen molar-refractivity contribution in [1.29, 1.82) is 0 Å². The first-order chi connectivity index (χ1) is 16.5. The van der Waals surface area contributed by atoms with Gasteiger partial charge >= 0.3 is 0 Å². The van der Waals surface area contributed by atoms with E-state index in [-0.39, 0.29) is 5.82 Å². The third-order valence-corrected chi connectivity index (χ3v) is 5.72. The van der Waals surface area contributed by atoms with Crippen molar-refractivity contribution >= 4 is 5.71 Å². The molecule has 0 unspecified atom stereocenters. The number of hydrogen-bond donors (Lipinski definition) is 0. The monoisotopic (exact) mass is 458 g/mol. The molecule has 0 aliphatic carbocycles. The van der Waals surface area contributed by atoms with Gasteiger partial charge in [-0.3, -0.25) is 0 Å². The molecule has 6 heteroatoms. The van der Waals surface area contributed by atoms with E-state index < -0.39 is 0 Å². The summed E-state index contributed by atoms with van der Waals surface area (Å²) in [6.07, 6.45) is 0. The summed E-state index contributed by atoms with van der Waals surface area (Å²) in [4.78, 5) is 5.67. The maximum absolute atomic E-state index is 13.6. The van der Waals surface area contributed by atoms with E-state index >= 15 is 0 Å². The minimum atomic E-state index is -0.276. The van der Waals surface area contributed by atoms with Crippen molar-refractivity contribution < 1.29 is 18.7 Å². The Morgan fingerprint density at radius 1 is 0.912 bits per heavy atom. The van der Waals surface area contributed by atoms with Crippen LogP contribution < -0.4 is 9.47 Å². The SMILES string of the molecule is COc1ccc(-c2cc(/C(C)=N\OCc3ccccc3OC)c(C)n2-c2ccc(F)cc2)cc1. The standard InChI is InChI=1S/C28H27FN2O3/c1-19(30-34-18-22-7-5-6-8-28(22)33-4)26-17-27(21-9-15-25(32-3)16-10-21)31(20(26)2)24-13-11-23(29)12-14-24/h5-17H,18H2,1-4H3/b30-19-. The van der Waals surface area contributed by atoms with Crippen LogP contribution in [0.1, 0.15) is 23.7 Å². The Balaban J connectivity index is 1.70. The van der Waals surface area contributed by atoms with Crippen molar-refractivity contribution in [3.63, 3.8) is 0 Å². The van der Waals surface area contributed by atoms with Crippen LogP contribution >= 0.6 is 0 Å². The summed E-state index contributed by atoms with van der Waals surface area (Å²) >= 11 is 0. The summed E-state index contributed by atoms with van der Waals surface area (Å²) in [5.74, 6) is 1.26. The third kappa shape index (κ3) is 4.81. The lowest BCUT2D eigenvalue weighted by molar-refractivity contribution is 0.128. The maximum atomic E-state index is 13.6. The summed E-state index contributed by atoms with van der Waals surface area (Å²) < 4.78 is 26.4. The first-order valence-corrected chi connectivity index (χ1v) is 10.9. The maximum Gasteiger partial charge on any atom is 0.145 e. The van der Waals surface area contributed by atoms with Crippen molar-refractivity contribution in [2.45, 2.75) is 20.5 Å². The first-order valence-electron chi connectivity index (χ1n) is 10.9. The number of halogens is 1. The lowest BCUT2D eigenvalue weighted by Gasteiger charge is -2.13. The van der Waals surface area contributed by atoms with Gasteiger partial charge in [-0.2, -0.15) is 0 Å². The van der Waals surface area contributed by atoms with Crippen molar-refractivity contribution in [1.82, 2.24) is 4.57 Å². The molecule has 0 radical (unpaired) electrons. The van der Waals surface area contributed by atoms with Crippen LogP contribution in [0.3, 0.4) is 0 Å². The molecule has 1 heterocycles. The fraction of sp³-hybridized carbons (Fsp3) is 0.179. The fourth-order valence-electron chi connectivity index (χ4n) is 3.94. The van der Waals surface area contributed by atoms with Crippen LogP contribution in [-0.4, -0.2) is 24.5 Å². The summed E-state index contributed by atoms with van der Waals surface area (Å²) in [6, 6.07) is 24.1. The number of nitrogens with zero attached hydrogens (tertiary/aromatic N) is 2. The molecule has 0 bridgehead atoms. The zero-order valence-electron chi connectivity index (χ0n) is 19.7. The molecule has 1 aromatic heterocycles. The summed E-state index contributed by atoms with van der Waals surface area (Å²) in [6.45, 7) is 4.23. The molecule has 0 saturated carbocycles. The molecule has 0 aliphatic heterocycles. The van der Waals surface area contributed by atoms with Crippen LogP contribution in [0.15, 0.2) is 84.0 Å². The summed E-state index contributed by atoms with van der Waals surface area (Å²) in [5.41, 5.74) is 6.39. The Kier molecular flexibility index (Phi) is 6.97. The predicted octanol–water partition coefficient (Wildman–Crippen LogP) is 6.55. The minimum Gasteiger partial charge on any atom is -0.497 e. The van der Waals surface area contributed by atoms with Gasteiger partial charge in [0.05, 0.1) is 25.6 Å². The molecule has 0 N–H and O–H groups in total. The van der Waals surface area contributed by atoms with E-state index in [1.165, 1.54) is 12.1 Å². The molecule has 0 spiro atoms. The van der Waals surface area contributed by atoms with Crippen LogP contribution in [0.5, 0.6) is 11.5 Å². The zero-order valence-corrected chi connectivity index (χ0v) is 19.7. The highest BCUT2D eigenvalue weighted by molar-refractivity contribution is 6.01. The van der Waals surface area contributed by atoms with Crippen LogP contribution in [0.25, 0.3) is 16.9 Å². The molecule has 174 valence electrons. The van der Waals surface area contributed by atoms with Gasteiger partial charge in [0.15, 0.2) is 0 Å². The normalized spacial score (nSPS) is 11.4. The van der Waals surface area contributed by atoms with Crippen molar-refractivity contribution in [3.8, 4) is 28.4 Å². The molecule has 5 nitrogen and oxygen atoms in total. The largest absolute Gasteiger partial charge is 0.497 e. The average Bonchev–Trinajstić information content (AvgIpc) is 3.22. The second-order valence-corrected chi connectivity index (χ2v) is 7.83. The smallest absolute Gasteiger partial charge is 0.145 e. The van der Waals surface area contributed by atoms with Crippen molar-refractivity contribution in [2.75, 3.05) is 14.2 Å². The van der Waals surface area contributed by atoms with Gasteiger partial charge in [0.2, 0.25) is 0 Å². The Hall–Kier alpha value is -4.06.